The van der Waals surface area contributed by atoms with Crippen molar-refractivity contribution in [2.45, 2.75) is 19.9 Å². The van der Waals surface area contributed by atoms with Gasteiger partial charge in [-0.25, -0.2) is 0 Å². The van der Waals surface area contributed by atoms with Crippen molar-refractivity contribution < 1.29 is 9.90 Å². The van der Waals surface area contributed by atoms with Crippen LogP contribution >= 0.6 is 0 Å². The van der Waals surface area contributed by atoms with E-state index in [1.807, 2.05) is 13.8 Å². The van der Waals surface area contributed by atoms with Crippen molar-refractivity contribution in [2.24, 2.45) is 0 Å². The van der Waals surface area contributed by atoms with Crippen molar-refractivity contribution in [3.05, 3.63) is 29.6 Å². The number of amides is 1. The smallest absolute Gasteiger partial charge is 0.252 e. The van der Waals surface area contributed by atoms with Gasteiger partial charge in [0, 0.05) is 18.4 Å². The van der Waals surface area contributed by atoms with E-state index in [0.717, 1.165) is 0 Å². The number of nitrogens with one attached hydrogen (secondary N) is 1. The van der Waals surface area contributed by atoms with E-state index >= 15 is 0 Å². The van der Waals surface area contributed by atoms with Crippen LogP contribution in [0.25, 0.3) is 0 Å². The predicted octanol–water partition coefficient (Wildman–Crippen LogP) is 0.564. The molecule has 0 aliphatic heterocycles. The Balaban J connectivity index is 2.98. The van der Waals surface area contributed by atoms with Crippen LogP contribution in [-0.2, 0) is 0 Å². The lowest BCUT2D eigenvalue weighted by molar-refractivity contribution is 0.0943. The molecule has 4 nitrogen and oxygen atoms in total. The first-order valence-electron chi connectivity index (χ1n) is 4.99. The number of carbonyl (C=O) groups is 1. The molecule has 0 bridgehead atoms. The van der Waals surface area contributed by atoms with Crippen molar-refractivity contribution in [1.29, 1.82) is 0 Å². The average Bonchev–Trinajstić information content (AvgIpc) is 2.25. The lowest BCUT2D eigenvalue weighted by Crippen LogP contribution is -2.30. The van der Waals surface area contributed by atoms with E-state index in [2.05, 4.69) is 22.1 Å². The number of rotatable bonds is 2. The normalized spacial score (nSPS) is 9.50. The van der Waals surface area contributed by atoms with Gasteiger partial charge in [-0.15, -0.1) is 0 Å². The van der Waals surface area contributed by atoms with Crippen LogP contribution in [0.4, 0.5) is 0 Å². The topological polar surface area (TPSA) is 62.2 Å². The van der Waals surface area contributed by atoms with Gasteiger partial charge in [-0.1, -0.05) is 11.8 Å². The standard InChI is InChI=1S/C12H14N2O2/c1-9(2)14-12(16)11-5-6-13-8-10(11)4-3-7-15/h5-6,8-9,15H,7H2,1-2H3,(H,14,16). The summed E-state index contributed by atoms with van der Waals surface area (Å²) in [7, 11) is 0. The van der Waals surface area contributed by atoms with Crippen LogP contribution in [0.2, 0.25) is 0 Å². The monoisotopic (exact) mass is 218 g/mol. The van der Waals surface area contributed by atoms with Crippen LogP contribution < -0.4 is 5.32 Å². The summed E-state index contributed by atoms with van der Waals surface area (Å²) in [6.07, 6.45) is 3.05. The minimum absolute atomic E-state index is 0.0688. The molecule has 0 unspecified atom stereocenters. The molecule has 1 aromatic heterocycles. The molecule has 0 aromatic carbocycles. The van der Waals surface area contributed by atoms with E-state index < -0.39 is 0 Å². The molecule has 1 rings (SSSR count). The molecule has 0 atom stereocenters. The van der Waals surface area contributed by atoms with Gasteiger partial charge in [0.25, 0.3) is 5.91 Å². The first kappa shape index (κ1) is 12.2. The summed E-state index contributed by atoms with van der Waals surface area (Å²) >= 11 is 0. The van der Waals surface area contributed by atoms with E-state index in [-0.39, 0.29) is 18.6 Å². The molecule has 1 amide bonds. The lowest BCUT2D eigenvalue weighted by Gasteiger charge is -2.09. The number of carbonyl (C=O) groups excluding carboxylic acids is 1. The summed E-state index contributed by atoms with van der Waals surface area (Å²) in [6, 6.07) is 1.68. The van der Waals surface area contributed by atoms with Crippen LogP contribution in [-0.4, -0.2) is 28.6 Å². The zero-order chi connectivity index (χ0) is 12.0. The number of nitrogens with zero attached hydrogens (tertiary/aromatic N) is 1. The molecular weight excluding hydrogens is 204 g/mol. The lowest BCUT2D eigenvalue weighted by atomic mass is 10.1. The Morgan fingerprint density at radius 2 is 2.38 bits per heavy atom. The largest absolute Gasteiger partial charge is 0.384 e. The van der Waals surface area contributed by atoms with Gasteiger partial charge in [-0.3, -0.25) is 9.78 Å². The van der Waals surface area contributed by atoms with Crippen LogP contribution in [0.3, 0.4) is 0 Å². The number of aliphatic hydroxyl groups excluding tert-OH is 1. The number of hydrogen-bond acceptors (Lipinski definition) is 3. The molecule has 0 saturated carbocycles. The van der Waals surface area contributed by atoms with Gasteiger partial charge in [0.2, 0.25) is 0 Å². The summed E-state index contributed by atoms with van der Waals surface area (Å²) in [6.45, 7) is 3.54. The average molecular weight is 218 g/mol. The molecule has 1 aromatic rings. The van der Waals surface area contributed by atoms with Crippen LogP contribution in [0.15, 0.2) is 18.5 Å². The maximum Gasteiger partial charge on any atom is 0.252 e. The van der Waals surface area contributed by atoms with Crippen molar-refractivity contribution in [3.8, 4) is 11.8 Å². The minimum Gasteiger partial charge on any atom is -0.384 e. The van der Waals surface area contributed by atoms with Gasteiger partial charge in [0.1, 0.15) is 6.61 Å². The molecule has 0 aliphatic rings. The number of hydrogen-bond donors (Lipinski definition) is 2. The van der Waals surface area contributed by atoms with Crippen LogP contribution in [0.5, 0.6) is 0 Å². The quantitative estimate of drug-likeness (QED) is 0.713. The van der Waals surface area contributed by atoms with Crippen molar-refractivity contribution in [1.82, 2.24) is 10.3 Å². The van der Waals surface area contributed by atoms with Crippen molar-refractivity contribution in [2.75, 3.05) is 6.61 Å². The molecule has 0 fully saturated rings. The summed E-state index contributed by atoms with van der Waals surface area (Å²) in [5.41, 5.74) is 0.999. The Bertz CT molecular complexity index is 430. The molecular formula is C12H14N2O2. The van der Waals surface area contributed by atoms with Gasteiger partial charge in [0.05, 0.1) is 11.1 Å². The third kappa shape index (κ3) is 3.37. The Hall–Kier alpha value is -1.86. The van der Waals surface area contributed by atoms with Gasteiger partial charge < -0.3 is 10.4 Å². The van der Waals surface area contributed by atoms with E-state index in [9.17, 15) is 4.79 Å². The summed E-state index contributed by atoms with van der Waals surface area (Å²) in [5.74, 6) is 5.01. The van der Waals surface area contributed by atoms with Crippen molar-refractivity contribution in [3.63, 3.8) is 0 Å². The molecule has 1 heterocycles. The van der Waals surface area contributed by atoms with E-state index in [0.29, 0.717) is 11.1 Å². The van der Waals surface area contributed by atoms with Gasteiger partial charge in [-0.05, 0) is 19.9 Å². The Labute approximate surface area is 94.7 Å². The fraction of sp³-hybridized carbons (Fsp3) is 0.333. The van der Waals surface area contributed by atoms with Gasteiger partial charge in [-0.2, -0.15) is 0 Å². The van der Waals surface area contributed by atoms with Gasteiger partial charge in [0.15, 0.2) is 0 Å². The molecule has 0 saturated heterocycles. The van der Waals surface area contributed by atoms with E-state index in [1.165, 1.54) is 6.20 Å². The summed E-state index contributed by atoms with van der Waals surface area (Å²) in [4.78, 5) is 15.7. The number of aliphatic hydroxyl groups is 1. The van der Waals surface area contributed by atoms with Crippen LogP contribution in [0.1, 0.15) is 29.8 Å². The van der Waals surface area contributed by atoms with Crippen molar-refractivity contribution >= 4 is 5.91 Å². The molecule has 16 heavy (non-hydrogen) atoms. The molecule has 2 N–H and O–H groups in total. The molecule has 0 aliphatic carbocycles. The second kappa shape index (κ2) is 5.89. The predicted molar refractivity (Wildman–Crippen MR) is 60.8 cm³/mol. The zero-order valence-electron chi connectivity index (χ0n) is 9.32. The number of pyridine rings is 1. The zero-order valence-corrected chi connectivity index (χ0v) is 9.32. The highest BCUT2D eigenvalue weighted by molar-refractivity contribution is 5.96. The fourth-order valence-corrected chi connectivity index (χ4v) is 1.17. The fourth-order valence-electron chi connectivity index (χ4n) is 1.17. The van der Waals surface area contributed by atoms with Gasteiger partial charge >= 0.3 is 0 Å². The number of aromatic nitrogens is 1. The van der Waals surface area contributed by atoms with E-state index in [1.54, 1.807) is 12.3 Å². The third-order valence-electron chi connectivity index (χ3n) is 1.79. The Kier molecular flexibility index (Phi) is 4.49. The highest BCUT2D eigenvalue weighted by Crippen LogP contribution is 2.05. The molecule has 84 valence electrons. The molecule has 0 spiro atoms. The third-order valence-corrected chi connectivity index (χ3v) is 1.79. The molecule has 0 radical (unpaired) electrons. The molecule has 4 heteroatoms. The highest BCUT2D eigenvalue weighted by Gasteiger charge is 2.10. The summed E-state index contributed by atoms with van der Waals surface area (Å²) in [5, 5.41) is 11.4. The summed E-state index contributed by atoms with van der Waals surface area (Å²) < 4.78 is 0. The Morgan fingerprint density at radius 3 is 3.00 bits per heavy atom. The first-order chi connectivity index (χ1) is 7.65. The second-order valence-electron chi connectivity index (χ2n) is 3.51. The highest BCUT2D eigenvalue weighted by atomic mass is 16.2. The SMILES string of the molecule is CC(C)NC(=O)c1ccncc1C#CCO. The maximum atomic E-state index is 11.8. The Morgan fingerprint density at radius 1 is 1.62 bits per heavy atom. The second-order valence-corrected chi connectivity index (χ2v) is 3.51. The van der Waals surface area contributed by atoms with Crippen LogP contribution in [0, 0.1) is 11.8 Å². The first-order valence-corrected chi connectivity index (χ1v) is 4.99. The minimum atomic E-state index is -0.236. The maximum absolute atomic E-state index is 11.8. The van der Waals surface area contributed by atoms with E-state index in [4.69, 9.17) is 5.11 Å².